The van der Waals surface area contributed by atoms with Crippen molar-refractivity contribution in [3.8, 4) is 5.75 Å². The summed E-state index contributed by atoms with van der Waals surface area (Å²) in [6, 6.07) is 3.06. The van der Waals surface area contributed by atoms with Gasteiger partial charge in [0.2, 0.25) is 0 Å². The minimum absolute atomic E-state index is 0.233. The molecule has 1 aliphatic carbocycles. The molecule has 0 radical (unpaired) electrons. The topological polar surface area (TPSA) is 46.1 Å². The second-order valence-electron chi connectivity index (χ2n) is 7.60. The first kappa shape index (κ1) is 17.6. The zero-order chi connectivity index (χ0) is 17.9. The normalized spacial score (nSPS) is 25.5. The first-order valence-corrected chi connectivity index (χ1v) is 9.72. The van der Waals surface area contributed by atoms with Crippen molar-refractivity contribution in [1.29, 1.82) is 0 Å². The number of aliphatic imine (C=N–C) groups is 1. The number of ether oxygens (including phenoxy) is 2. The molecule has 1 saturated carbocycles. The molecule has 3 aliphatic rings. The number of nitrogens with zero attached hydrogens (tertiary/aromatic N) is 2. The molecule has 26 heavy (non-hydrogen) atoms. The van der Waals surface area contributed by atoms with E-state index in [1.54, 1.807) is 6.07 Å². The summed E-state index contributed by atoms with van der Waals surface area (Å²) in [5, 5.41) is 3.46. The van der Waals surface area contributed by atoms with E-state index in [1.165, 1.54) is 31.7 Å². The second kappa shape index (κ2) is 7.82. The van der Waals surface area contributed by atoms with Crippen LogP contribution >= 0.6 is 0 Å². The van der Waals surface area contributed by atoms with Crippen molar-refractivity contribution in [2.24, 2.45) is 16.8 Å². The third-order valence-electron chi connectivity index (χ3n) is 5.92. The summed E-state index contributed by atoms with van der Waals surface area (Å²) >= 11 is 0. The minimum atomic E-state index is -0.235. The Morgan fingerprint density at radius 1 is 1.27 bits per heavy atom. The predicted octanol–water partition coefficient (Wildman–Crippen LogP) is 2.93. The molecule has 4 rings (SSSR count). The molecule has 0 aromatic heterocycles. The van der Waals surface area contributed by atoms with Gasteiger partial charge in [-0.3, -0.25) is 4.99 Å². The molecule has 1 aromatic carbocycles. The van der Waals surface area contributed by atoms with Crippen molar-refractivity contribution in [3.05, 3.63) is 29.1 Å². The number of hydrogen-bond donors (Lipinski definition) is 1. The number of halogens is 1. The van der Waals surface area contributed by atoms with Crippen LogP contribution in [0.4, 0.5) is 4.39 Å². The Kier molecular flexibility index (Phi) is 5.29. The molecule has 2 unspecified atom stereocenters. The van der Waals surface area contributed by atoms with Gasteiger partial charge in [-0.15, -0.1) is 0 Å². The van der Waals surface area contributed by atoms with Crippen LogP contribution in [0, 0.1) is 17.7 Å². The molecule has 2 heterocycles. The van der Waals surface area contributed by atoms with Crippen LogP contribution in [0.5, 0.6) is 5.75 Å². The highest BCUT2D eigenvalue weighted by atomic mass is 19.1. The van der Waals surface area contributed by atoms with E-state index in [1.807, 2.05) is 7.05 Å². The summed E-state index contributed by atoms with van der Waals surface area (Å²) in [6.45, 7) is 3.57. The van der Waals surface area contributed by atoms with E-state index in [4.69, 9.17) is 9.47 Å². The van der Waals surface area contributed by atoms with Crippen molar-refractivity contribution < 1.29 is 13.9 Å². The van der Waals surface area contributed by atoms with E-state index in [2.05, 4.69) is 15.2 Å². The fourth-order valence-electron chi connectivity index (χ4n) is 4.66. The van der Waals surface area contributed by atoms with Crippen LogP contribution in [0.1, 0.15) is 36.8 Å². The highest BCUT2D eigenvalue weighted by Gasteiger charge is 2.35. The minimum Gasteiger partial charge on any atom is -0.467 e. The summed E-state index contributed by atoms with van der Waals surface area (Å²) < 4.78 is 24.7. The summed E-state index contributed by atoms with van der Waals surface area (Å²) in [5.41, 5.74) is 1.68. The van der Waals surface area contributed by atoms with Crippen LogP contribution in [0.3, 0.4) is 0 Å². The molecule has 1 N–H and O–H groups in total. The molecule has 6 heteroatoms. The monoisotopic (exact) mass is 361 g/mol. The van der Waals surface area contributed by atoms with Crippen LogP contribution in [0.25, 0.3) is 0 Å². The van der Waals surface area contributed by atoms with E-state index in [9.17, 15) is 4.39 Å². The van der Waals surface area contributed by atoms with Gasteiger partial charge in [-0.25, -0.2) is 4.39 Å². The van der Waals surface area contributed by atoms with E-state index >= 15 is 0 Å². The standard InChI is InChI=1S/C20H28FN3O2/c1-22-20(24-10-15-4-2-3-5-16(15)11-24)23-7-6-14-8-18(21)9-17-12-25-13-26-19(14)17/h8-9,15-16H,2-7,10-13H2,1H3,(H,22,23). The number of rotatable bonds is 3. The summed E-state index contributed by atoms with van der Waals surface area (Å²) in [4.78, 5) is 6.87. The largest absolute Gasteiger partial charge is 0.467 e. The first-order valence-electron chi connectivity index (χ1n) is 9.72. The smallest absolute Gasteiger partial charge is 0.193 e. The van der Waals surface area contributed by atoms with Crippen molar-refractivity contribution >= 4 is 5.96 Å². The number of likely N-dealkylation sites (tertiary alicyclic amines) is 1. The number of fused-ring (bicyclic) bond motifs is 2. The lowest BCUT2D eigenvalue weighted by Gasteiger charge is -2.23. The molecule has 1 aromatic rings. The average Bonchev–Trinajstić information content (AvgIpc) is 3.09. The quantitative estimate of drug-likeness (QED) is 0.664. The maximum absolute atomic E-state index is 13.9. The highest BCUT2D eigenvalue weighted by Crippen LogP contribution is 2.36. The maximum Gasteiger partial charge on any atom is 0.193 e. The number of hydrogen-bond acceptors (Lipinski definition) is 3. The third kappa shape index (κ3) is 3.65. The molecule has 142 valence electrons. The molecule has 0 amide bonds. The van der Waals surface area contributed by atoms with Gasteiger partial charge in [0.15, 0.2) is 12.8 Å². The van der Waals surface area contributed by atoms with Gasteiger partial charge in [0.05, 0.1) is 6.61 Å². The molecule has 2 fully saturated rings. The number of guanidine groups is 1. The van der Waals surface area contributed by atoms with E-state index in [0.717, 1.165) is 47.8 Å². The van der Waals surface area contributed by atoms with Gasteiger partial charge in [-0.05, 0) is 48.8 Å². The van der Waals surface area contributed by atoms with Gasteiger partial charge in [0.1, 0.15) is 11.6 Å². The highest BCUT2D eigenvalue weighted by molar-refractivity contribution is 5.80. The van der Waals surface area contributed by atoms with Gasteiger partial charge in [-0.2, -0.15) is 0 Å². The Bertz CT molecular complexity index is 665. The number of benzene rings is 1. The van der Waals surface area contributed by atoms with Gasteiger partial charge >= 0.3 is 0 Å². The zero-order valence-corrected chi connectivity index (χ0v) is 15.5. The lowest BCUT2D eigenvalue weighted by atomic mass is 9.82. The SMILES string of the molecule is CN=C(NCCc1cc(F)cc2c1OCOC2)N1CC2CCCCC2C1. The summed E-state index contributed by atoms with van der Waals surface area (Å²) in [6.07, 6.45) is 6.14. The Labute approximate surface area is 154 Å². The van der Waals surface area contributed by atoms with E-state index < -0.39 is 0 Å². The predicted molar refractivity (Wildman–Crippen MR) is 98.8 cm³/mol. The lowest BCUT2D eigenvalue weighted by Crippen LogP contribution is -2.41. The Morgan fingerprint density at radius 2 is 2.04 bits per heavy atom. The molecule has 2 atom stereocenters. The average molecular weight is 361 g/mol. The first-order chi connectivity index (χ1) is 12.7. The van der Waals surface area contributed by atoms with Gasteiger partial charge < -0.3 is 19.7 Å². The van der Waals surface area contributed by atoms with Crippen LogP contribution < -0.4 is 10.1 Å². The Balaban J connectivity index is 1.36. The lowest BCUT2D eigenvalue weighted by molar-refractivity contribution is -0.0172. The van der Waals surface area contributed by atoms with E-state index in [0.29, 0.717) is 19.6 Å². The zero-order valence-electron chi connectivity index (χ0n) is 15.5. The van der Waals surface area contributed by atoms with Crippen molar-refractivity contribution in [1.82, 2.24) is 10.2 Å². The van der Waals surface area contributed by atoms with E-state index in [-0.39, 0.29) is 12.6 Å². The van der Waals surface area contributed by atoms with Gasteiger partial charge in [0, 0.05) is 32.2 Å². The fraction of sp³-hybridized carbons (Fsp3) is 0.650. The third-order valence-corrected chi connectivity index (χ3v) is 5.92. The molecule has 2 aliphatic heterocycles. The van der Waals surface area contributed by atoms with Gasteiger partial charge in [0.25, 0.3) is 0 Å². The summed E-state index contributed by atoms with van der Waals surface area (Å²) in [7, 11) is 1.84. The molecule has 0 spiro atoms. The Morgan fingerprint density at radius 3 is 2.77 bits per heavy atom. The van der Waals surface area contributed by atoms with Crippen LogP contribution in [0.2, 0.25) is 0 Å². The van der Waals surface area contributed by atoms with Crippen LogP contribution in [0.15, 0.2) is 17.1 Å². The molecule has 5 nitrogen and oxygen atoms in total. The molecular formula is C20H28FN3O2. The van der Waals surface area contributed by atoms with Crippen LogP contribution in [-0.2, 0) is 17.8 Å². The Hall–Kier alpha value is -1.82. The fourth-order valence-corrected chi connectivity index (χ4v) is 4.66. The molecule has 0 bridgehead atoms. The molecule has 1 saturated heterocycles. The van der Waals surface area contributed by atoms with Crippen molar-refractivity contribution in [3.63, 3.8) is 0 Å². The van der Waals surface area contributed by atoms with Crippen LogP contribution in [-0.4, -0.2) is 44.3 Å². The van der Waals surface area contributed by atoms with Crippen molar-refractivity contribution in [2.45, 2.75) is 38.7 Å². The summed E-state index contributed by atoms with van der Waals surface area (Å²) in [5.74, 6) is 3.16. The number of nitrogens with one attached hydrogen (secondary N) is 1. The van der Waals surface area contributed by atoms with Crippen molar-refractivity contribution in [2.75, 3.05) is 33.5 Å². The maximum atomic E-state index is 13.9. The second-order valence-corrected chi connectivity index (χ2v) is 7.60. The van der Waals surface area contributed by atoms with Gasteiger partial charge in [-0.1, -0.05) is 12.8 Å². The molecular weight excluding hydrogens is 333 g/mol.